The lowest BCUT2D eigenvalue weighted by molar-refractivity contribution is 0.0944. The monoisotopic (exact) mass is 298 g/mol. The van der Waals surface area contributed by atoms with Crippen molar-refractivity contribution in [2.45, 2.75) is 19.8 Å². The van der Waals surface area contributed by atoms with Crippen molar-refractivity contribution in [1.29, 1.82) is 0 Å². The molecule has 1 aliphatic heterocycles. The fourth-order valence-corrected chi connectivity index (χ4v) is 2.83. The predicted octanol–water partition coefficient (Wildman–Crippen LogP) is 1.91. The standard InChI is InChI=1S/C17H22N4O/c1-13-16(12-21(20-13)15-7-3-2-4-8-15)17(22)19-11-14-6-5-9-18-10-14/h2-4,7-8,12,14,18H,5-6,9-11H2,1H3,(H,19,22). The maximum absolute atomic E-state index is 12.4. The second kappa shape index (κ2) is 6.75. The van der Waals surface area contributed by atoms with Crippen LogP contribution in [0.3, 0.4) is 0 Å². The maximum Gasteiger partial charge on any atom is 0.254 e. The van der Waals surface area contributed by atoms with Crippen LogP contribution in [0.1, 0.15) is 28.9 Å². The number of para-hydroxylation sites is 1. The Bertz CT molecular complexity index is 629. The van der Waals surface area contributed by atoms with Crippen LogP contribution in [0.4, 0.5) is 0 Å². The Balaban J connectivity index is 1.66. The van der Waals surface area contributed by atoms with E-state index in [0.717, 1.165) is 31.0 Å². The molecule has 5 heteroatoms. The molecule has 1 atom stereocenters. The highest BCUT2D eigenvalue weighted by Gasteiger charge is 2.17. The zero-order valence-electron chi connectivity index (χ0n) is 12.9. The molecule has 3 rings (SSSR count). The van der Waals surface area contributed by atoms with Crippen LogP contribution in [0.25, 0.3) is 5.69 Å². The van der Waals surface area contributed by atoms with Crippen molar-refractivity contribution in [2.75, 3.05) is 19.6 Å². The van der Waals surface area contributed by atoms with Gasteiger partial charge in [-0.1, -0.05) is 18.2 Å². The molecule has 0 saturated carbocycles. The minimum absolute atomic E-state index is 0.0368. The molecule has 2 aromatic rings. The molecule has 1 aliphatic rings. The summed E-state index contributed by atoms with van der Waals surface area (Å²) >= 11 is 0. The Morgan fingerprint density at radius 1 is 1.41 bits per heavy atom. The lowest BCUT2D eigenvalue weighted by atomic mass is 10.00. The highest BCUT2D eigenvalue weighted by Crippen LogP contribution is 2.13. The summed E-state index contributed by atoms with van der Waals surface area (Å²) in [5, 5.41) is 10.8. The molecule has 2 N–H and O–H groups in total. The highest BCUT2D eigenvalue weighted by atomic mass is 16.1. The third kappa shape index (κ3) is 3.36. The smallest absolute Gasteiger partial charge is 0.254 e. The van der Waals surface area contributed by atoms with Crippen LogP contribution < -0.4 is 10.6 Å². The molecule has 22 heavy (non-hydrogen) atoms. The van der Waals surface area contributed by atoms with E-state index in [2.05, 4.69) is 15.7 Å². The molecule has 0 bridgehead atoms. The number of nitrogens with zero attached hydrogens (tertiary/aromatic N) is 2. The van der Waals surface area contributed by atoms with Gasteiger partial charge in [-0.15, -0.1) is 0 Å². The average molecular weight is 298 g/mol. The van der Waals surface area contributed by atoms with Gasteiger partial charge in [-0.2, -0.15) is 5.10 Å². The second-order valence-corrected chi connectivity index (χ2v) is 5.83. The third-order valence-corrected chi connectivity index (χ3v) is 4.11. The van der Waals surface area contributed by atoms with Gasteiger partial charge in [-0.05, 0) is 50.9 Å². The topological polar surface area (TPSA) is 59.0 Å². The number of rotatable bonds is 4. The fraction of sp³-hybridized carbons (Fsp3) is 0.412. The quantitative estimate of drug-likeness (QED) is 0.906. The molecule has 0 spiro atoms. The van der Waals surface area contributed by atoms with Crippen molar-refractivity contribution in [1.82, 2.24) is 20.4 Å². The average Bonchev–Trinajstić information content (AvgIpc) is 2.96. The van der Waals surface area contributed by atoms with Crippen LogP contribution in [0.15, 0.2) is 36.5 Å². The number of benzene rings is 1. The van der Waals surface area contributed by atoms with Crippen molar-refractivity contribution in [3.63, 3.8) is 0 Å². The summed E-state index contributed by atoms with van der Waals surface area (Å²) in [5.74, 6) is 0.493. The van der Waals surface area contributed by atoms with E-state index < -0.39 is 0 Å². The van der Waals surface area contributed by atoms with Crippen LogP contribution >= 0.6 is 0 Å². The van der Waals surface area contributed by atoms with Crippen LogP contribution in [0.5, 0.6) is 0 Å². The molecule has 0 radical (unpaired) electrons. The third-order valence-electron chi connectivity index (χ3n) is 4.11. The number of carbonyl (C=O) groups is 1. The predicted molar refractivity (Wildman–Crippen MR) is 86.2 cm³/mol. The number of nitrogens with one attached hydrogen (secondary N) is 2. The van der Waals surface area contributed by atoms with Gasteiger partial charge in [0.15, 0.2) is 0 Å². The van der Waals surface area contributed by atoms with Gasteiger partial charge in [-0.25, -0.2) is 4.68 Å². The molecule has 116 valence electrons. The van der Waals surface area contributed by atoms with Gasteiger partial charge in [0.05, 0.1) is 16.9 Å². The molecule has 1 saturated heterocycles. The van der Waals surface area contributed by atoms with E-state index in [-0.39, 0.29) is 5.91 Å². The van der Waals surface area contributed by atoms with E-state index >= 15 is 0 Å². The second-order valence-electron chi connectivity index (χ2n) is 5.83. The van der Waals surface area contributed by atoms with Crippen LogP contribution in [0, 0.1) is 12.8 Å². The zero-order chi connectivity index (χ0) is 15.4. The van der Waals surface area contributed by atoms with Gasteiger partial charge in [-0.3, -0.25) is 4.79 Å². The van der Waals surface area contributed by atoms with Gasteiger partial charge in [0, 0.05) is 12.7 Å². The Morgan fingerprint density at radius 2 is 2.23 bits per heavy atom. The van der Waals surface area contributed by atoms with E-state index in [9.17, 15) is 4.79 Å². The summed E-state index contributed by atoms with van der Waals surface area (Å²) in [6, 6.07) is 9.83. The van der Waals surface area contributed by atoms with E-state index in [1.54, 1.807) is 10.9 Å². The van der Waals surface area contributed by atoms with Crippen molar-refractivity contribution >= 4 is 5.91 Å². The Morgan fingerprint density at radius 3 is 2.95 bits per heavy atom. The SMILES string of the molecule is Cc1nn(-c2ccccc2)cc1C(=O)NCC1CCCNC1. The van der Waals surface area contributed by atoms with Crippen LogP contribution in [-0.2, 0) is 0 Å². The molecule has 2 heterocycles. The van der Waals surface area contributed by atoms with Crippen molar-refractivity contribution in [3.05, 3.63) is 47.8 Å². The van der Waals surface area contributed by atoms with Crippen molar-refractivity contribution in [3.8, 4) is 5.69 Å². The molecule has 5 nitrogen and oxygen atoms in total. The first-order chi connectivity index (χ1) is 10.7. The van der Waals surface area contributed by atoms with Gasteiger partial charge < -0.3 is 10.6 Å². The molecule has 1 unspecified atom stereocenters. The first kappa shape index (κ1) is 14.8. The van der Waals surface area contributed by atoms with Crippen LogP contribution in [0.2, 0.25) is 0 Å². The minimum Gasteiger partial charge on any atom is -0.352 e. The number of aromatic nitrogens is 2. The minimum atomic E-state index is -0.0368. The normalized spacial score (nSPS) is 18.1. The summed E-state index contributed by atoms with van der Waals surface area (Å²) in [4.78, 5) is 12.4. The fourth-order valence-electron chi connectivity index (χ4n) is 2.83. The molecular weight excluding hydrogens is 276 g/mol. The van der Waals surface area contributed by atoms with Gasteiger partial charge in [0.1, 0.15) is 0 Å². The summed E-state index contributed by atoms with van der Waals surface area (Å²) < 4.78 is 1.76. The summed E-state index contributed by atoms with van der Waals surface area (Å²) in [6.45, 7) is 4.67. The van der Waals surface area contributed by atoms with E-state index in [4.69, 9.17) is 0 Å². The van der Waals surface area contributed by atoms with Crippen molar-refractivity contribution < 1.29 is 4.79 Å². The van der Waals surface area contributed by atoms with E-state index in [1.165, 1.54) is 12.8 Å². The van der Waals surface area contributed by atoms with Crippen molar-refractivity contribution in [2.24, 2.45) is 5.92 Å². The molecule has 1 amide bonds. The first-order valence-electron chi connectivity index (χ1n) is 7.84. The van der Waals surface area contributed by atoms with Crippen LogP contribution in [-0.4, -0.2) is 35.3 Å². The number of amides is 1. The molecule has 1 fully saturated rings. The number of aryl methyl sites for hydroxylation is 1. The number of hydrogen-bond donors (Lipinski definition) is 2. The molecular formula is C17H22N4O. The lowest BCUT2D eigenvalue weighted by Crippen LogP contribution is -2.38. The lowest BCUT2D eigenvalue weighted by Gasteiger charge is -2.22. The Labute approximate surface area is 130 Å². The molecule has 1 aromatic carbocycles. The summed E-state index contributed by atoms with van der Waals surface area (Å²) in [5.41, 5.74) is 2.36. The van der Waals surface area contributed by atoms with Gasteiger partial charge >= 0.3 is 0 Å². The summed E-state index contributed by atoms with van der Waals surface area (Å²) in [7, 11) is 0. The molecule has 0 aliphatic carbocycles. The van der Waals surface area contributed by atoms with Gasteiger partial charge in [0.25, 0.3) is 5.91 Å². The van der Waals surface area contributed by atoms with Gasteiger partial charge in [0.2, 0.25) is 0 Å². The number of piperidine rings is 1. The Hall–Kier alpha value is -2.14. The highest BCUT2D eigenvalue weighted by molar-refractivity contribution is 5.95. The van der Waals surface area contributed by atoms with E-state index in [1.807, 2.05) is 37.3 Å². The molecule has 1 aromatic heterocycles. The van der Waals surface area contributed by atoms with E-state index in [0.29, 0.717) is 11.5 Å². The zero-order valence-corrected chi connectivity index (χ0v) is 12.9. The number of carbonyl (C=O) groups excluding carboxylic acids is 1. The maximum atomic E-state index is 12.4. The largest absolute Gasteiger partial charge is 0.352 e. The first-order valence-corrected chi connectivity index (χ1v) is 7.84. The Kier molecular flexibility index (Phi) is 4.53. The summed E-state index contributed by atoms with van der Waals surface area (Å²) in [6.07, 6.45) is 4.17. The number of hydrogen-bond acceptors (Lipinski definition) is 3.